The average Bonchev–Trinajstić information content (AvgIpc) is 3.27. The summed E-state index contributed by atoms with van der Waals surface area (Å²) in [5.41, 5.74) is 2.51. The van der Waals surface area contributed by atoms with Crippen LogP contribution in [0.1, 0.15) is 30.7 Å². The first-order chi connectivity index (χ1) is 11.3. The van der Waals surface area contributed by atoms with E-state index in [0.29, 0.717) is 12.6 Å². The van der Waals surface area contributed by atoms with E-state index in [0.717, 1.165) is 58.2 Å². The molecule has 0 spiro atoms. The van der Waals surface area contributed by atoms with Gasteiger partial charge in [-0.3, -0.25) is 14.5 Å². The van der Waals surface area contributed by atoms with Crippen molar-refractivity contribution in [3.63, 3.8) is 0 Å². The molecule has 1 aromatic rings. The van der Waals surface area contributed by atoms with Crippen LogP contribution in [0.25, 0.3) is 0 Å². The second kappa shape index (κ2) is 6.89. The molecular weight excluding hydrogens is 290 g/mol. The van der Waals surface area contributed by atoms with E-state index in [-0.39, 0.29) is 0 Å². The first kappa shape index (κ1) is 15.6. The number of fused-ring (bicyclic) bond motifs is 1. The van der Waals surface area contributed by atoms with Crippen molar-refractivity contribution in [2.24, 2.45) is 5.92 Å². The van der Waals surface area contributed by atoms with Crippen molar-refractivity contribution in [2.75, 3.05) is 39.3 Å². The minimum atomic E-state index is 0.296. The molecule has 0 aromatic carbocycles. The van der Waals surface area contributed by atoms with Crippen LogP contribution in [0.4, 0.5) is 0 Å². The minimum Gasteiger partial charge on any atom is -0.396 e. The predicted molar refractivity (Wildman–Crippen MR) is 89.0 cm³/mol. The van der Waals surface area contributed by atoms with E-state index in [4.69, 9.17) is 5.10 Å². The van der Waals surface area contributed by atoms with E-state index >= 15 is 0 Å². The van der Waals surface area contributed by atoms with Crippen LogP contribution in [-0.2, 0) is 19.6 Å². The van der Waals surface area contributed by atoms with Crippen molar-refractivity contribution in [2.45, 2.75) is 44.9 Å². The lowest BCUT2D eigenvalue weighted by molar-refractivity contribution is 0.0515. The molecule has 128 valence electrons. The quantitative estimate of drug-likeness (QED) is 0.788. The highest BCUT2D eigenvalue weighted by Gasteiger charge is 2.32. The van der Waals surface area contributed by atoms with Crippen LogP contribution >= 0.6 is 0 Å². The summed E-state index contributed by atoms with van der Waals surface area (Å²) >= 11 is 0. The number of rotatable bonds is 6. The third-order valence-electron chi connectivity index (χ3n) is 5.45. The van der Waals surface area contributed by atoms with E-state index in [2.05, 4.69) is 25.9 Å². The Balaban J connectivity index is 1.36. The van der Waals surface area contributed by atoms with Crippen molar-refractivity contribution in [1.29, 1.82) is 0 Å². The third-order valence-corrected chi connectivity index (χ3v) is 5.45. The lowest BCUT2D eigenvalue weighted by atomic mass is 10.1. The zero-order chi connectivity index (χ0) is 15.6. The van der Waals surface area contributed by atoms with Gasteiger partial charge in [-0.25, -0.2) is 0 Å². The van der Waals surface area contributed by atoms with Crippen LogP contribution in [-0.4, -0.2) is 70.1 Å². The molecule has 3 heterocycles. The van der Waals surface area contributed by atoms with E-state index in [9.17, 15) is 5.11 Å². The van der Waals surface area contributed by atoms with Crippen LogP contribution in [0.2, 0.25) is 0 Å². The third kappa shape index (κ3) is 3.76. The highest BCUT2D eigenvalue weighted by Crippen LogP contribution is 2.31. The molecule has 1 aromatic heterocycles. The first-order valence-electron chi connectivity index (χ1n) is 9.15. The predicted octanol–water partition coefficient (Wildman–Crippen LogP) is 0.265. The fourth-order valence-corrected chi connectivity index (χ4v) is 3.95. The fraction of sp³-hybridized carbons (Fsp3) is 0.824. The molecule has 4 rings (SSSR count). The molecule has 2 N–H and O–H groups in total. The molecule has 0 radical (unpaired) electrons. The van der Waals surface area contributed by atoms with Gasteiger partial charge in [0, 0.05) is 58.5 Å². The summed E-state index contributed by atoms with van der Waals surface area (Å²) in [6.45, 7) is 8.74. The lowest BCUT2D eigenvalue weighted by Crippen LogP contribution is -2.53. The number of hydrogen-bond acceptors (Lipinski definition) is 5. The molecule has 1 saturated heterocycles. The highest BCUT2D eigenvalue weighted by molar-refractivity contribution is 5.12. The maximum absolute atomic E-state index is 9.40. The van der Waals surface area contributed by atoms with E-state index < -0.39 is 0 Å². The number of nitrogens with zero attached hydrogens (tertiary/aromatic N) is 4. The Labute approximate surface area is 138 Å². The van der Waals surface area contributed by atoms with Crippen LogP contribution in [0.5, 0.6) is 0 Å². The second-order valence-electron chi connectivity index (χ2n) is 7.37. The number of nitrogens with one attached hydrogen (secondary N) is 1. The summed E-state index contributed by atoms with van der Waals surface area (Å²) < 4.78 is 2.15. The molecule has 0 unspecified atom stereocenters. The first-order valence-corrected chi connectivity index (χ1v) is 9.15. The molecule has 6 nitrogen and oxygen atoms in total. The van der Waals surface area contributed by atoms with Crippen molar-refractivity contribution in [3.8, 4) is 0 Å². The smallest absolute Gasteiger partial charge is 0.0768 e. The monoisotopic (exact) mass is 319 g/mol. The van der Waals surface area contributed by atoms with Crippen LogP contribution in [0.3, 0.4) is 0 Å². The van der Waals surface area contributed by atoms with Gasteiger partial charge in [-0.1, -0.05) is 0 Å². The van der Waals surface area contributed by atoms with Gasteiger partial charge in [0.15, 0.2) is 0 Å². The van der Waals surface area contributed by atoms with Gasteiger partial charge in [0.2, 0.25) is 0 Å². The molecule has 23 heavy (non-hydrogen) atoms. The summed E-state index contributed by atoms with van der Waals surface area (Å²) in [5, 5.41) is 17.6. The van der Waals surface area contributed by atoms with Gasteiger partial charge in [-0.15, -0.1) is 0 Å². The molecule has 1 atom stereocenters. The van der Waals surface area contributed by atoms with Gasteiger partial charge in [0.05, 0.1) is 17.9 Å². The molecular formula is C17H29N5O. The molecule has 1 saturated carbocycles. The summed E-state index contributed by atoms with van der Waals surface area (Å²) in [7, 11) is 0. The summed E-state index contributed by atoms with van der Waals surface area (Å²) in [4.78, 5) is 5.14. The molecule has 1 aliphatic carbocycles. The Morgan fingerprint density at radius 1 is 1.26 bits per heavy atom. The van der Waals surface area contributed by atoms with Gasteiger partial charge >= 0.3 is 0 Å². The van der Waals surface area contributed by atoms with Crippen molar-refractivity contribution in [1.82, 2.24) is 24.9 Å². The van der Waals surface area contributed by atoms with Gasteiger partial charge in [-0.2, -0.15) is 5.10 Å². The topological polar surface area (TPSA) is 56.6 Å². The molecule has 0 amide bonds. The highest BCUT2D eigenvalue weighted by atomic mass is 16.3. The summed E-state index contributed by atoms with van der Waals surface area (Å²) in [6, 6.07) is 2.76. The molecule has 3 aliphatic rings. The maximum Gasteiger partial charge on any atom is 0.0768 e. The Hall–Kier alpha value is -0.950. The second-order valence-corrected chi connectivity index (χ2v) is 7.37. The largest absolute Gasteiger partial charge is 0.396 e. The Morgan fingerprint density at radius 3 is 2.96 bits per heavy atom. The number of aromatic nitrogens is 2. The number of aliphatic hydroxyl groups excluding tert-OH is 1. The number of hydrogen-bond donors (Lipinski definition) is 2. The lowest BCUT2D eigenvalue weighted by Gasteiger charge is -2.41. The van der Waals surface area contributed by atoms with Gasteiger partial charge < -0.3 is 10.4 Å². The zero-order valence-corrected chi connectivity index (χ0v) is 14.0. The van der Waals surface area contributed by atoms with E-state index in [1.807, 2.05) is 0 Å². The molecule has 0 bridgehead atoms. The normalized spacial score (nSPS) is 26.4. The standard InChI is InChI=1S/C17H29N5O/c23-8-3-16-13-20(6-7-21(16)11-14-1-2-14)12-15-9-17-10-18-4-5-22(17)19-15/h9,14,16,18,23H,1-8,10-13H2/t16-/m1/s1. The SMILES string of the molecule is OCC[C@@H]1CN(Cc2cc3n(n2)CCNC3)CCN1CC1CC1. The Kier molecular flexibility index (Phi) is 4.66. The molecule has 2 fully saturated rings. The van der Waals surface area contributed by atoms with Crippen molar-refractivity contribution in [3.05, 3.63) is 17.5 Å². The van der Waals surface area contributed by atoms with Crippen LogP contribution in [0.15, 0.2) is 6.07 Å². The van der Waals surface area contributed by atoms with E-state index in [1.54, 1.807) is 0 Å². The minimum absolute atomic E-state index is 0.296. The van der Waals surface area contributed by atoms with Crippen molar-refractivity contribution >= 4 is 0 Å². The van der Waals surface area contributed by atoms with E-state index in [1.165, 1.54) is 30.8 Å². The van der Waals surface area contributed by atoms with Crippen molar-refractivity contribution < 1.29 is 5.11 Å². The van der Waals surface area contributed by atoms with Gasteiger partial charge in [-0.05, 0) is 31.2 Å². The number of piperazine rings is 1. The summed E-state index contributed by atoms with van der Waals surface area (Å²) in [6.07, 6.45) is 3.70. The van der Waals surface area contributed by atoms with Crippen LogP contribution < -0.4 is 5.32 Å². The molecule has 2 aliphatic heterocycles. The fourth-order valence-electron chi connectivity index (χ4n) is 3.95. The average molecular weight is 319 g/mol. The zero-order valence-electron chi connectivity index (χ0n) is 14.0. The number of aliphatic hydroxyl groups is 1. The Bertz CT molecular complexity index is 504. The van der Waals surface area contributed by atoms with Crippen LogP contribution in [0, 0.1) is 5.92 Å². The molecule has 6 heteroatoms. The summed E-state index contributed by atoms with van der Waals surface area (Å²) in [5.74, 6) is 0.926. The van der Waals surface area contributed by atoms with Gasteiger partial charge in [0.25, 0.3) is 0 Å². The van der Waals surface area contributed by atoms with Gasteiger partial charge in [0.1, 0.15) is 0 Å². The Morgan fingerprint density at radius 2 is 2.17 bits per heavy atom. The maximum atomic E-state index is 9.40.